The number of benzene rings is 2. The summed E-state index contributed by atoms with van der Waals surface area (Å²) in [6.07, 6.45) is 1.39. The highest BCUT2D eigenvalue weighted by Crippen LogP contribution is 2.30. The lowest BCUT2D eigenvalue weighted by atomic mass is 9.78. The summed E-state index contributed by atoms with van der Waals surface area (Å²) in [5.41, 5.74) is 5.51. The number of anilines is 1. The molecule has 1 fully saturated rings. The van der Waals surface area contributed by atoms with Crippen molar-refractivity contribution in [2.45, 2.75) is 57.2 Å². The average molecular weight is 606 g/mol. The van der Waals surface area contributed by atoms with Gasteiger partial charge in [0.05, 0.1) is 36.2 Å². The summed E-state index contributed by atoms with van der Waals surface area (Å²) < 4.78 is 4.80. The third kappa shape index (κ3) is 6.62. The maximum absolute atomic E-state index is 14.1. The Bertz CT molecular complexity index is 1600. The van der Waals surface area contributed by atoms with Crippen molar-refractivity contribution in [1.82, 2.24) is 10.2 Å². The molecular formula is C31H39N7O6. The van der Waals surface area contributed by atoms with Crippen molar-refractivity contribution >= 4 is 35.2 Å². The SMILES string of the molecule is COC(=O)C(NCC(C)(C(=O)N1CCCC1)c1ccc2c(c1C)=NC(CNc1ccc(C(=N)N)cc1)(CC(=O)O)N=2)C(C)=O. The van der Waals surface area contributed by atoms with Crippen LogP contribution in [0.3, 0.4) is 0 Å². The molecule has 0 saturated carbocycles. The van der Waals surface area contributed by atoms with Gasteiger partial charge in [-0.2, -0.15) is 0 Å². The number of Topliss-reactive ketones (excluding diaryl/α,β-unsaturated/α-hetero) is 1. The number of likely N-dealkylation sites (tertiary alicyclic amines) is 1. The summed E-state index contributed by atoms with van der Waals surface area (Å²) in [5, 5.41) is 24.5. The number of carbonyl (C=O) groups is 4. The van der Waals surface area contributed by atoms with Gasteiger partial charge in [-0.1, -0.05) is 6.07 Å². The Morgan fingerprint density at radius 2 is 1.80 bits per heavy atom. The predicted molar refractivity (Wildman–Crippen MR) is 162 cm³/mol. The van der Waals surface area contributed by atoms with Crippen LogP contribution in [-0.2, 0) is 29.3 Å². The Morgan fingerprint density at radius 1 is 1.14 bits per heavy atom. The Morgan fingerprint density at radius 3 is 2.36 bits per heavy atom. The van der Waals surface area contributed by atoms with E-state index >= 15 is 0 Å². The Labute approximate surface area is 255 Å². The summed E-state index contributed by atoms with van der Waals surface area (Å²) >= 11 is 0. The Hall–Kier alpha value is -4.65. The maximum atomic E-state index is 14.1. The number of hydrogen-bond acceptors (Lipinski definition) is 10. The minimum absolute atomic E-state index is 0.0312. The van der Waals surface area contributed by atoms with E-state index in [0.717, 1.165) is 12.8 Å². The zero-order valence-corrected chi connectivity index (χ0v) is 25.4. The molecule has 2 aromatic rings. The van der Waals surface area contributed by atoms with Crippen LogP contribution in [0, 0.1) is 12.3 Å². The van der Waals surface area contributed by atoms with Crippen LogP contribution >= 0.6 is 0 Å². The molecule has 0 radical (unpaired) electrons. The lowest BCUT2D eigenvalue weighted by Crippen LogP contribution is -2.55. The van der Waals surface area contributed by atoms with E-state index in [1.807, 2.05) is 6.92 Å². The Kier molecular flexibility index (Phi) is 9.47. The van der Waals surface area contributed by atoms with Gasteiger partial charge in [0, 0.05) is 30.9 Å². The van der Waals surface area contributed by atoms with Crippen LogP contribution in [-0.4, -0.2) is 84.5 Å². The van der Waals surface area contributed by atoms with Gasteiger partial charge in [0.25, 0.3) is 0 Å². The number of rotatable bonds is 13. The molecule has 6 N–H and O–H groups in total. The number of ketones is 1. The van der Waals surface area contributed by atoms with E-state index in [4.69, 9.17) is 25.9 Å². The summed E-state index contributed by atoms with van der Waals surface area (Å²) in [6, 6.07) is 9.12. The van der Waals surface area contributed by atoms with Gasteiger partial charge < -0.3 is 25.8 Å². The fraction of sp³-hybridized carbons (Fsp3) is 0.452. The first-order valence-corrected chi connectivity index (χ1v) is 14.4. The number of nitrogens with one attached hydrogen (secondary N) is 3. The van der Waals surface area contributed by atoms with Gasteiger partial charge in [0.2, 0.25) is 5.91 Å². The van der Waals surface area contributed by atoms with Crippen LogP contribution in [0.5, 0.6) is 0 Å². The summed E-state index contributed by atoms with van der Waals surface area (Å²) in [6.45, 7) is 6.12. The van der Waals surface area contributed by atoms with E-state index in [1.54, 1.807) is 48.2 Å². The number of carboxylic acid groups (broad SMARTS) is 1. The van der Waals surface area contributed by atoms with Crippen molar-refractivity contribution in [1.29, 1.82) is 5.41 Å². The summed E-state index contributed by atoms with van der Waals surface area (Å²) in [7, 11) is 1.20. The standard InChI is InChI=1S/C31H39N7O6/c1-18-22(30(3,29(43)38-13-5-6-14-38)16-35-26(19(2)39)28(42)44-4)11-12-23-25(18)37-31(36-23,15-24(40)41)17-34-21-9-7-20(8-10-21)27(32)33/h7-12,26,34-35H,5-6,13-17H2,1-4H3,(H3,32,33)(H,40,41). The zero-order valence-electron chi connectivity index (χ0n) is 25.4. The van der Waals surface area contributed by atoms with Gasteiger partial charge in [-0.15, -0.1) is 0 Å². The third-order valence-electron chi connectivity index (χ3n) is 8.23. The zero-order chi connectivity index (χ0) is 32.2. The molecule has 3 unspecified atom stereocenters. The first-order chi connectivity index (χ1) is 20.8. The molecule has 3 atom stereocenters. The second-order valence-electron chi connectivity index (χ2n) is 11.5. The van der Waals surface area contributed by atoms with Crippen molar-refractivity contribution < 1.29 is 29.0 Å². The number of aliphatic carboxylic acids is 1. The molecule has 0 bridgehead atoms. The fourth-order valence-electron chi connectivity index (χ4n) is 5.82. The summed E-state index contributed by atoms with van der Waals surface area (Å²) in [4.78, 5) is 62.0. The number of esters is 1. The van der Waals surface area contributed by atoms with E-state index < -0.39 is 34.8 Å². The predicted octanol–water partition coefficient (Wildman–Crippen LogP) is 0.415. The molecule has 234 valence electrons. The lowest BCUT2D eigenvalue weighted by molar-refractivity contribution is -0.147. The average Bonchev–Trinajstić information content (AvgIpc) is 3.64. The number of methoxy groups -OCH3 is 1. The number of nitrogens with zero attached hydrogens (tertiary/aromatic N) is 3. The number of hydrogen-bond donors (Lipinski definition) is 5. The van der Waals surface area contributed by atoms with E-state index in [2.05, 4.69) is 10.6 Å². The molecule has 1 saturated heterocycles. The summed E-state index contributed by atoms with van der Waals surface area (Å²) in [5.74, 6) is -2.47. The van der Waals surface area contributed by atoms with Crippen molar-refractivity contribution in [3.8, 4) is 0 Å². The largest absolute Gasteiger partial charge is 0.481 e. The monoisotopic (exact) mass is 605 g/mol. The molecule has 2 aliphatic rings. The normalized spacial score (nSPS) is 19.1. The number of fused-ring (bicyclic) bond motifs is 1. The van der Waals surface area contributed by atoms with E-state index in [9.17, 15) is 24.3 Å². The first-order valence-electron chi connectivity index (χ1n) is 14.4. The highest BCUT2D eigenvalue weighted by Gasteiger charge is 2.43. The lowest BCUT2D eigenvalue weighted by Gasteiger charge is -2.35. The molecule has 13 nitrogen and oxygen atoms in total. The third-order valence-corrected chi connectivity index (χ3v) is 8.23. The molecule has 4 rings (SSSR count). The van der Waals surface area contributed by atoms with Crippen molar-refractivity contribution in [2.24, 2.45) is 15.7 Å². The van der Waals surface area contributed by atoms with Crippen LogP contribution in [0.4, 0.5) is 5.69 Å². The van der Waals surface area contributed by atoms with Gasteiger partial charge in [0.15, 0.2) is 17.5 Å². The second-order valence-corrected chi connectivity index (χ2v) is 11.5. The van der Waals surface area contributed by atoms with Gasteiger partial charge in [-0.3, -0.25) is 35.1 Å². The van der Waals surface area contributed by atoms with E-state index in [0.29, 0.717) is 46.2 Å². The molecule has 0 aliphatic carbocycles. The number of nitrogens with two attached hydrogens (primary N) is 1. The van der Waals surface area contributed by atoms with Gasteiger partial charge in [-0.25, -0.2) is 4.79 Å². The molecule has 2 heterocycles. The van der Waals surface area contributed by atoms with Crippen LogP contribution in [0.15, 0.2) is 46.4 Å². The Balaban J connectivity index is 1.73. The number of nitrogen functional groups attached to an aromatic ring is 1. The molecule has 0 spiro atoms. The molecule has 44 heavy (non-hydrogen) atoms. The molecule has 2 aliphatic heterocycles. The molecule has 1 amide bonds. The highest BCUT2D eigenvalue weighted by atomic mass is 16.5. The quantitative estimate of drug-likeness (QED) is 0.0929. The van der Waals surface area contributed by atoms with Crippen molar-refractivity contribution in [3.05, 3.63) is 63.8 Å². The number of amidine groups is 1. The van der Waals surface area contributed by atoms with Crippen LogP contribution in [0.1, 0.15) is 49.8 Å². The minimum Gasteiger partial charge on any atom is -0.481 e. The molecule has 13 heteroatoms. The molecule has 2 aromatic carbocycles. The van der Waals surface area contributed by atoms with Crippen LogP contribution < -0.4 is 27.1 Å². The fourth-order valence-corrected chi connectivity index (χ4v) is 5.82. The minimum atomic E-state index is -1.35. The smallest absolute Gasteiger partial charge is 0.330 e. The van der Waals surface area contributed by atoms with E-state index in [-0.39, 0.29) is 31.3 Å². The number of carboxylic acids is 1. The van der Waals surface area contributed by atoms with Gasteiger partial charge in [0.1, 0.15) is 5.84 Å². The topological polar surface area (TPSA) is 200 Å². The number of amides is 1. The number of carbonyl (C=O) groups excluding carboxylic acids is 3. The van der Waals surface area contributed by atoms with Gasteiger partial charge in [-0.05, 0) is 75.1 Å². The van der Waals surface area contributed by atoms with Crippen LogP contribution in [0.2, 0.25) is 0 Å². The second kappa shape index (κ2) is 12.9. The van der Waals surface area contributed by atoms with Crippen molar-refractivity contribution in [3.63, 3.8) is 0 Å². The molecular weight excluding hydrogens is 566 g/mol. The molecule has 0 aromatic heterocycles. The van der Waals surface area contributed by atoms with Crippen molar-refractivity contribution in [2.75, 3.05) is 38.6 Å². The number of ether oxygens (including phenoxy) is 1. The van der Waals surface area contributed by atoms with Crippen LogP contribution in [0.25, 0.3) is 0 Å². The van der Waals surface area contributed by atoms with E-state index in [1.165, 1.54) is 14.0 Å². The van der Waals surface area contributed by atoms with Gasteiger partial charge >= 0.3 is 11.9 Å². The highest BCUT2D eigenvalue weighted by molar-refractivity contribution is 6.02. The first kappa shape index (κ1) is 32.3. The maximum Gasteiger partial charge on any atom is 0.330 e.